The quantitative estimate of drug-likeness (QED) is 0.703. The smallest absolute Gasteiger partial charge is 0.123 e. The van der Waals surface area contributed by atoms with Crippen LogP contribution in [0.2, 0.25) is 0 Å². The molecular weight excluding hydrogens is 184 g/mol. The molecule has 1 atom stereocenters. The summed E-state index contributed by atoms with van der Waals surface area (Å²) in [6, 6.07) is 6.49. The third-order valence-corrected chi connectivity index (χ3v) is 2.51. The number of nitrogens with zero attached hydrogens (tertiary/aromatic N) is 1. The highest BCUT2D eigenvalue weighted by molar-refractivity contribution is 5.16. The molecule has 2 rings (SSSR count). The number of hydrogen-bond donors (Lipinski definition) is 0. The number of likely N-dealkylation sites (tertiary alicyclic amines) is 1. The summed E-state index contributed by atoms with van der Waals surface area (Å²) in [4.78, 5) is 2.01. The second kappa shape index (κ2) is 4.05. The standard InChI is InChI=1S/C11H13F2N/c12-10-3-1-2-9(6-10)7-14-5-4-11(13)8-14/h1-3,6,11H,4-5,7-8H2. The second-order valence-electron chi connectivity index (χ2n) is 3.75. The van der Waals surface area contributed by atoms with Crippen molar-refractivity contribution < 1.29 is 8.78 Å². The Morgan fingerprint density at radius 1 is 1.43 bits per heavy atom. The third-order valence-electron chi connectivity index (χ3n) is 2.51. The lowest BCUT2D eigenvalue weighted by atomic mass is 10.2. The highest BCUT2D eigenvalue weighted by Gasteiger charge is 2.21. The summed E-state index contributed by atoms with van der Waals surface area (Å²) >= 11 is 0. The second-order valence-corrected chi connectivity index (χ2v) is 3.75. The largest absolute Gasteiger partial charge is 0.296 e. The van der Waals surface area contributed by atoms with Crippen LogP contribution in [0.4, 0.5) is 8.78 Å². The number of alkyl halides is 1. The summed E-state index contributed by atoms with van der Waals surface area (Å²) in [5.74, 6) is -0.224. The first-order valence-corrected chi connectivity index (χ1v) is 4.85. The topological polar surface area (TPSA) is 3.24 Å². The van der Waals surface area contributed by atoms with Gasteiger partial charge in [0.1, 0.15) is 12.0 Å². The van der Waals surface area contributed by atoms with Gasteiger partial charge in [-0.1, -0.05) is 12.1 Å². The van der Waals surface area contributed by atoms with Gasteiger partial charge in [0.05, 0.1) is 0 Å². The zero-order valence-corrected chi connectivity index (χ0v) is 7.92. The molecule has 0 spiro atoms. The Kier molecular flexibility index (Phi) is 2.77. The van der Waals surface area contributed by atoms with Crippen molar-refractivity contribution in [2.24, 2.45) is 0 Å². The average molecular weight is 197 g/mol. The van der Waals surface area contributed by atoms with E-state index >= 15 is 0 Å². The van der Waals surface area contributed by atoms with Crippen molar-refractivity contribution in [2.45, 2.75) is 19.1 Å². The highest BCUT2D eigenvalue weighted by Crippen LogP contribution is 2.15. The van der Waals surface area contributed by atoms with Gasteiger partial charge < -0.3 is 0 Å². The highest BCUT2D eigenvalue weighted by atomic mass is 19.1. The lowest BCUT2D eigenvalue weighted by Crippen LogP contribution is -2.20. The molecule has 0 radical (unpaired) electrons. The Labute approximate surface area is 82.3 Å². The Bertz CT molecular complexity index is 314. The SMILES string of the molecule is Fc1cccc(CN2CCC(F)C2)c1. The van der Waals surface area contributed by atoms with Gasteiger partial charge >= 0.3 is 0 Å². The fourth-order valence-corrected chi connectivity index (χ4v) is 1.82. The van der Waals surface area contributed by atoms with Crippen LogP contribution >= 0.6 is 0 Å². The molecule has 0 N–H and O–H groups in total. The predicted molar refractivity (Wildman–Crippen MR) is 51.2 cm³/mol. The fraction of sp³-hybridized carbons (Fsp3) is 0.455. The molecular formula is C11H13F2N. The van der Waals surface area contributed by atoms with E-state index < -0.39 is 6.17 Å². The molecule has 1 saturated heterocycles. The Morgan fingerprint density at radius 2 is 2.29 bits per heavy atom. The van der Waals surface area contributed by atoms with Crippen LogP contribution in [0.25, 0.3) is 0 Å². The van der Waals surface area contributed by atoms with Gasteiger partial charge in [0.15, 0.2) is 0 Å². The maximum Gasteiger partial charge on any atom is 0.123 e. The number of rotatable bonds is 2. The monoisotopic (exact) mass is 197 g/mol. The van der Waals surface area contributed by atoms with Crippen molar-refractivity contribution in [1.82, 2.24) is 4.90 Å². The van der Waals surface area contributed by atoms with Crippen molar-refractivity contribution in [3.05, 3.63) is 35.6 Å². The molecule has 1 aliphatic heterocycles. The van der Waals surface area contributed by atoms with Gasteiger partial charge in [-0.15, -0.1) is 0 Å². The molecule has 14 heavy (non-hydrogen) atoms. The van der Waals surface area contributed by atoms with Crippen LogP contribution in [0, 0.1) is 5.82 Å². The van der Waals surface area contributed by atoms with Crippen molar-refractivity contribution in [2.75, 3.05) is 13.1 Å². The summed E-state index contributed by atoms with van der Waals surface area (Å²) in [7, 11) is 0. The van der Waals surface area contributed by atoms with Gasteiger partial charge in [-0.3, -0.25) is 4.90 Å². The minimum Gasteiger partial charge on any atom is -0.296 e. The maximum atomic E-state index is 12.8. The molecule has 0 amide bonds. The van der Waals surface area contributed by atoms with E-state index in [0.717, 1.165) is 12.1 Å². The molecule has 0 saturated carbocycles. The molecule has 1 heterocycles. The van der Waals surface area contributed by atoms with Crippen LogP contribution in [-0.2, 0) is 6.54 Å². The summed E-state index contributed by atoms with van der Waals surface area (Å²) in [5, 5.41) is 0. The lowest BCUT2D eigenvalue weighted by Gasteiger charge is -2.14. The van der Waals surface area contributed by atoms with E-state index in [1.165, 1.54) is 12.1 Å². The van der Waals surface area contributed by atoms with Gasteiger partial charge in [0.2, 0.25) is 0 Å². The fourth-order valence-electron chi connectivity index (χ4n) is 1.82. The van der Waals surface area contributed by atoms with Gasteiger partial charge in [-0.05, 0) is 24.1 Å². The number of benzene rings is 1. The third kappa shape index (κ3) is 2.29. The van der Waals surface area contributed by atoms with E-state index in [1.807, 2.05) is 11.0 Å². The first-order chi connectivity index (χ1) is 6.74. The zero-order chi connectivity index (χ0) is 9.97. The van der Waals surface area contributed by atoms with Gasteiger partial charge in [0, 0.05) is 19.6 Å². The first-order valence-electron chi connectivity index (χ1n) is 4.85. The van der Waals surface area contributed by atoms with E-state index in [1.54, 1.807) is 6.07 Å². The average Bonchev–Trinajstić information content (AvgIpc) is 2.51. The van der Waals surface area contributed by atoms with Gasteiger partial charge in [-0.2, -0.15) is 0 Å². The number of hydrogen-bond acceptors (Lipinski definition) is 1. The summed E-state index contributed by atoms with van der Waals surface area (Å²) < 4.78 is 25.7. The van der Waals surface area contributed by atoms with Crippen LogP contribution in [-0.4, -0.2) is 24.2 Å². The molecule has 0 bridgehead atoms. The Morgan fingerprint density at radius 3 is 2.93 bits per heavy atom. The molecule has 1 aliphatic rings. The predicted octanol–water partition coefficient (Wildman–Crippen LogP) is 2.37. The van der Waals surface area contributed by atoms with Crippen molar-refractivity contribution in [3.8, 4) is 0 Å². The molecule has 76 valence electrons. The molecule has 1 nitrogen and oxygen atoms in total. The van der Waals surface area contributed by atoms with Crippen LogP contribution < -0.4 is 0 Å². The number of halogens is 2. The van der Waals surface area contributed by atoms with Crippen molar-refractivity contribution >= 4 is 0 Å². The summed E-state index contributed by atoms with van der Waals surface area (Å²) in [5.41, 5.74) is 0.916. The maximum absolute atomic E-state index is 12.8. The normalized spacial score (nSPS) is 22.9. The van der Waals surface area contributed by atoms with E-state index in [-0.39, 0.29) is 5.82 Å². The molecule has 0 aliphatic carbocycles. The molecule has 1 unspecified atom stereocenters. The van der Waals surface area contributed by atoms with Gasteiger partial charge in [0.25, 0.3) is 0 Å². The van der Waals surface area contributed by atoms with Crippen LogP contribution in [0.3, 0.4) is 0 Å². The zero-order valence-electron chi connectivity index (χ0n) is 7.92. The molecule has 1 fully saturated rings. The first kappa shape index (κ1) is 9.59. The van der Waals surface area contributed by atoms with Crippen molar-refractivity contribution in [3.63, 3.8) is 0 Å². The van der Waals surface area contributed by atoms with Crippen LogP contribution in [0.1, 0.15) is 12.0 Å². The molecule has 3 heteroatoms. The van der Waals surface area contributed by atoms with Gasteiger partial charge in [-0.25, -0.2) is 8.78 Å². The summed E-state index contributed by atoms with van der Waals surface area (Å²) in [6.07, 6.45) is -0.0986. The molecule has 1 aromatic rings. The van der Waals surface area contributed by atoms with E-state index in [9.17, 15) is 8.78 Å². The molecule has 1 aromatic carbocycles. The summed E-state index contributed by atoms with van der Waals surface area (Å²) in [6.45, 7) is 1.91. The molecule has 0 aromatic heterocycles. The van der Waals surface area contributed by atoms with E-state index in [4.69, 9.17) is 0 Å². The minimum atomic E-state index is -0.705. The van der Waals surface area contributed by atoms with Crippen LogP contribution in [0.5, 0.6) is 0 Å². The minimum absolute atomic E-state index is 0.224. The van der Waals surface area contributed by atoms with Crippen molar-refractivity contribution in [1.29, 1.82) is 0 Å². The van der Waals surface area contributed by atoms with E-state index in [2.05, 4.69) is 0 Å². The van der Waals surface area contributed by atoms with Crippen LogP contribution in [0.15, 0.2) is 24.3 Å². The Balaban J connectivity index is 1.97. The lowest BCUT2D eigenvalue weighted by molar-refractivity contribution is 0.282. The van der Waals surface area contributed by atoms with E-state index in [0.29, 0.717) is 19.5 Å². The Hall–Kier alpha value is -0.960.